The lowest BCUT2D eigenvalue weighted by molar-refractivity contribution is 0.0945. The topological polar surface area (TPSA) is 79.8 Å². The SMILES string of the molecule is O=C(NCc1cccnc1)c1cnc(Nc2ccccc2F)cn1. The molecule has 0 aliphatic rings. The molecule has 0 aliphatic heterocycles. The van der Waals surface area contributed by atoms with Gasteiger partial charge in [0, 0.05) is 18.9 Å². The molecule has 0 fully saturated rings. The number of carbonyl (C=O) groups excluding carboxylic acids is 1. The lowest BCUT2D eigenvalue weighted by Crippen LogP contribution is -2.24. The zero-order valence-corrected chi connectivity index (χ0v) is 12.6. The van der Waals surface area contributed by atoms with Gasteiger partial charge in [0.25, 0.3) is 5.91 Å². The number of pyridine rings is 1. The Bertz CT molecular complexity index is 824. The van der Waals surface area contributed by atoms with Gasteiger partial charge in [-0.1, -0.05) is 18.2 Å². The molecule has 0 bridgehead atoms. The largest absolute Gasteiger partial charge is 0.347 e. The summed E-state index contributed by atoms with van der Waals surface area (Å²) in [5.74, 6) is -0.384. The molecule has 3 rings (SSSR count). The van der Waals surface area contributed by atoms with Crippen molar-refractivity contribution >= 4 is 17.4 Å². The van der Waals surface area contributed by atoms with Gasteiger partial charge >= 0.3 is 0 Å². The highest BCUT2D eigenvalue weighted by atomic mass is 19.1. The minimum atomic E-state index is -0.391. The van der Waals surface area contributed by atoms with E-state index in [2.05, 4.69) is 25.6 Å². The lowest BCUT2D eigenvalue weighted by atomic mass is 10.3. The summed E-state index contributed by atoms with van der Waals surface area (Å²) in [6, 6.07) is 9.90. The number of para-hydroxylation sites is 1. The second kappa shape index (κ2) is 7.28. The molecule has 0 saturated carbocycles. The quantitative estimate of drug-likeness (QED) is 0.754. The van der Waals surface area contributed by atoms with Crippen molar-refractivity contribution < 1.29 is 9.18 Å². The number of nitrogens with zero attached hydrogens (tertiary/aromatic N) is 3. The summed E-state index contributed by atoms with van der Waals surface area (Å²) in [4.78, 5) is 24.1. The van der Waals surface area contributed by atoms with Crippen LogP contribution in [0.25, 0.3) is 0 Å². The molecule has 2 heterocycles. The standard InChI is InChI=1S/C17H14FN5O/c18-13-5-1-2-6-14(13)23-16-11-20-15(10-21-16)17(24)22-9-12-4-3-7-19-8-12/h1-8,10-11H,9H2,(H,21,23)(H,22,24). The smallest absolute Gasteiger partial charge is 0.271 e. The van der Waals surface area contributed by atoms with Crippen LogP contribution in [0.3, 0.4) is 0 Å². The van der Waals surface area contributed by atoms with Crippen LogP contribution in [0.2, 0.25) is 0 Å². The third-order valence-electron chi connectivity index (χ3n) is 3.20. The first-order valence-corrected chi connectivity index (χ1v) is 7.23. The van der Waals surface area contributed by atoms with E-state index in [0.717, 1.165) is 5.56 Å². The molecule has 0 saturated heterocycles. The van der Waals surface area contributed by atoms with Crippen molar-refractivity contribution in [3.05, 3.63) is 78.3 Å². The normalized spacial score (nSPS) is 10.2. The average molecular weight is 323 g/mol. The average Bonchev–Trinajstić information content (AvgIpc) is 2.63. The summed E-state index contributed by atoms with van der Waals surface area (Å²) in [6.45, 7) is 0.351. The van der Waals surface area contributed by atoms with E-state index in [0.29, 0.717) is 18.1 Å². The fourth-order valence-electron chi connectivity index (χ4n) is 1.99. The monoisotopic (exact) mass is 323 g/mol. The van der Waals surface area contributed by atoms with Crippen molar-refractivity contribution in [1.82, 2.24) is 20.3 Å². The molecule has 1 amide bonds. The van der Waals surface area contributed by atoms with Crippen molar-refractivity contribution in [3.8, 4) is 0 Å². The Hall–Kier alpha value is -3.35. The molecule has 0 unspecified atom stereocenters. The van der Waals surface area contributed by atoms with E-state index < -0.39 is 5.82 Å². The highest BCUT2D eigenvalue weighted by molar-refractivity contribution is 5.92. The third-order valence-corrected chi connectivity index (χ3v) is 3.20. The van der Waals surface area contributed by atoms with Gasteiger partial charge in [0.05, 0.1) is 18.1 Å². The molecule has 0 atom stereocenters. The zero-order valence-electron chi connectivity index (χ0n) is 12.6. The summed E-state index contributed by atoms with van der Waals surface area (Å²) >= 11 is 0. The highest BCUT2D eigenvalue weighted by Gasteiger charge is 2.08. The molecule has 2 N–H and O–H groups in total. The molecular weight excluding hydrogens is 309 g/mol. The van der Waals surface area contributed by atoms with Gasteiger partial charge in [-0.05, 0) is 23.8 Å². The fourth-order valence-corrected chi connectivity index (χ4v) is 1.99. The number of hydrogen-bond donors (Lipinski definition) is 2. The second-order valence-corrected chi connectivity index (χ2v) is 4.94. The summed E-state index contributed by atoms with van der Waals surface area (Å²) in [6.07, 6.45) is 6.05. The molecule has 120 valence electrons. The van der Waals surface area contributed by atoms with E-state index in [4.69, 9.17) is 0 Å². The van der Waals surface area contributed by atoms with Gasteiger partial charge in [-0.3, -0.25) is 9.78 Å². The number of amides is 1. The van der Waals surface area contributed by atoms with Crippen LogP contribution < -0.4 is 10.6 Å². The molecule has 0 spiro atoms. The van der Waals surface area contributed by atoms with E-state index >= 15 is 0 Å². The first-order valence-electron chi connectivity index (χ1n) is 7.23. The van der Waals surface area contributed by atoms with Crippen LogP contribution in [0.5, 0.6) is 0 Å². The molecular formula is C17H14FN5O. The Labute approximate surface area is 137 Å². The van der Waals surface area contributed by atoms with Crippen LogP contribution >= 0.6 is 0 Å². The number of halogens is 1. The molecule has 2 aromatic heterocycles. The maximum atomic E-state index is 13.6. The minimum absolute atomic E-state index is 0.179. The number of hydrogen-bond acceptors (Lipinski definition) is 5. The summed E-state index contributed by atoms with van der Waals surface area (Å²) in [7, 11) is 0. The minimum Gasteiger partial charge on any atom is -0.347 e. The Morgan fingerprint density at radius 2 is 1.92 bits per heavy atom. The number of benzene rings is 1. The molecule has 7 heteroatoms. The Morgan fingerprint density at radius 3 is 2.62 bits per heavy atom. The van der Waals surface area contributed by atoms with Gasteiger partial charge < -0.3 is 10.6 Å². The van der Waals surface area contributed by atoms with Gasteiger partial charge in [-0.25, -0.2) is 14.4 Å². The lowest BCUT2D eigenvalue weighted by Gasteiger charge is -2.07. The van der Waals surface area contributed by atoms with E-state index in [9.17, 15) is 9.18 Å². The van der Waals surface area contributed by atoms with Crippen LogP contribution in [0, 0.1) is 5.82 Å². The van der Waals surface area contributed by atoms with E-state index in [-0.39, 0.29) is 11.6 Å². The molecule has 3 aromatic rings. The number of aromatic nitrogens is 3. The van der Waals surface area contributed by atoms with Gasteiger partial charge in [0.2, 0.25) is 0 Å². The van der Waals surface area contributed by atoms with Gasteiger partial charge in [0.1, 0.15) is 17.3 Å². The van der Waals surface area contributed by atoms with E-state index in [1.54, 1.807) is 36.7 Å². The predicted octanol–water partition coefficient (Wildman–Crippen LogP) is 2.68. The fraction of sp³-hybridized carbons (Fsp3) is 0.0588. The highest BCUT2D eigenvalue weighted by Crippen LogP contribution is 2.17. The number of anilines is 2. The summed E-state index contributed by atoms with van der Waals surface area (Å²) < 4.78 is 13.6. The summed E-state index contributed by atoms with van der Waals surface area (Å²) in [5.41, 5.74) is 1.36. The van der Waals surface area contributed by atoms with Crippen LogP contribution in [0.1, 0.15) is 16.1 Å². The number of carbonyl (C=O) groups is 1. The van der Waals surface area contributed by atoms with Gasteiger partial charge in [0.15, 0.2) is 0 Å². The molecule has 0 radical (unpaired) electrons. The molecule has 0 aliphatic carbocycles. The third kappa shape index (κ3) is 3.89. The number of rotatable bonds is 5. The van der Waals surface area contributed by atoms with Crippen molar-refractivity contribution in [1.29, 1.82) is 0 Å². The van der Waals surface area contributed by atoms with Crippen molar-refractivity contribution in [2.75, 3.05) is 5.32 Å². The van der Waals surface area contributed by atoms with Crippen LogP contribution in [-0.2, 0) is 6.54 Å². The second-order valence-electron chi connectivity index (χ2n) is 4.94. The van der Waals surface area contributed by atoms with Crippen molar-refractivity contribution in [2.45, 2.75) is 6.54 Å². The Kier molecular flexibility index (Phi) is 4.71. The summed E-state index contributed by atoms with van der Waals surface area (Å²) in [5, 5.41) is 5.54. The number of nitrogens with one attached hydrogen (secondary N) is 2. The van der Waals surface area contributed by atoms with E-state index in [1.807, 2.05) is 6.07 Å². The Morgan fingerprint density at radius 1 is 1.04 bits per heavy atom. The maximum absolute atomic E-state index is 13.6. The molecule has 6 nitrogen and oxygen atoms in total. The van der Waals surface area contributed by atoms with Crippen molar-refractivity contribution in [3.63, 3.8) is 0 Å². The molecule has 1 aromatic carbocycles. The first-order chi connectivity index (χ1) is 11.7. The molecule has 24 heavy (non-hydrogen) atoms. The van der Waals surface area contributed by atoms with E-state index in [1.165, 1.54) is 18.5 Å². The first kappa shape index (κ1) is 15.5. The van der Waals surface area contributed by atoms with Crippen LogP contribution in [0.15, 0.2) is 61.2 Å². The van der Waals surface area contributed by atoms with Crippen molar-refractivity contribution in [2.24, 2.45) is 0 Å². The predicted molar refractivity (Wildman–Crippen MR) is 87.1 cm³/mol. The van der Waals surface area contributed by atoms with Crippen LogP contribution in [0.4, 0.5) is 15.9 Å². The van der Waals surface area contributed by atoms with Gasteiger partial charge in [-0.2, -0.15) is 0 Å². The maximum Gasteiger partial charge on any atom is 0.271 e. The Balaban J connectivity index is 1.61. The van der Waals surface area contributed by atoms with Gasteiger partial charge in [-0.15, -0.1) is 0 Å². The van der Waals surface area contributed by atoms with Crippen LogP contribution in [-0.4, -0.2) is 20.9 Å². The zero-order chi connectivity index (χ0) is 16.8.